The van der Waals surface area contributed by atoms with Crippen molar-refractivity contribution in [2.45, 2.75) is 92.3 Å². The molecule has 16 N–H and O–H groups in total. The number of carbonyl (C=O) groups is 1. The van der Waals surface area contributed by atoms with Crippen LogP contribution in [0.4, 0.5) is 0 Å². The van der Waals surface area contributed by atoms with Crippen LogP contribution in [0, 0.1) is 11.8 Å². The quantitative estimate of drug-likeness (QED) is 0.0687. The number of aliphatic hydroxyl groups is 7. The van der Waals surface area contributed by atoms with Crippen LogP contribution in [-0.4, -0.2) is 141 Å². The molecule has 17 nitrogen and oxygen atoms in total. The number of nitrogens with one attached hydrogen (secondary N) is 1. The minimum atomic E-state index is -2.15. The molecule has 2 saturated carbocycles. The van der Waals surface area contributed by atoms with E-state index in [0.717, 1.165) is 6.08 Å². The van der Waals surface area contributed by atoms with E-state index in [1.54, 1.807) is 6.92 Å². The molecule has 2 aliphatic carbocycles. The first kappa shape index (κ1) is 32.4. The van der Waals surface area contributed by atoms with E-state index in [-0.39, 0.29) is 18.5 Å². The molecule has 17 heteroatoms. The molecule has 1 heterocycles. The molecule has 0 aromatic carbocycles. The molecule has 0 bridgehead atoms. The van der Waals surface area contributed by atoms with Gasteiger partial charge in [0.25, 0.3) is 0 Å². The second-order valence-electron chi connectivity index (χ2n) is 10.6. The predicted molar refractivity (Wildman–Crippen MR) is 137 cm³/mol. The fourth-order valence-electron chi connectivity index (χ4n) is 5.75. The Morgan fingerprint density at radius 2 is 1.70 bits per heavy atom. The number of aliphatic imine (C=N–C) groups is 1. The lowest BCUT2D eigenvalue weighted by molar-refractivity contribution is -0.304. The minimum Gasteiger partial charge on any atom is -0.394 e. The van der Waals surface area contributed by atoms with Crippen molar-refractivity contribution in [1.82, 2.24) is 5.32 Å². The number of ether oxygens (including phenoxy) is 3. The van der Waals surface area contributed by atoms with Gasteiger partial charge in [0.05, 0.1) is 36.8 Å². The number of nitrogens with two attached hydrogens (primary N) is 4. The second-order valence-corrected chi connectivity index (χ2v) is 10.6. The van der Waals surface area contributed by atoms with Gasteiger partial charge < -0.3 is 83.0 Å². The first-order valence-corrected chi connectivity index (χ1v) is 12.9. The van der Waals surface area contributed by atoms with E-state index in [9.17, 15) is 40.5 Å². The molecule has 0 radical (unpaired) electrons. The zero-order valence-electron chi connectivity index (χ0n) is 22.2. The fourth-order valence-corrected chi connectivity index (χ4v) is 5.75. The molecule has 40 heavy (non-hydrogen) atoms. The zero-order chi connectivity index (χ0) is 30.1. The highest BCUT2D eigenvalue weighted by molar-refractivity contribution is 5.76. The van der Waals surface area contributed by atoms with Crippen LogP contribution >= 0.6 is 0 Å². The molecule has 3 rings (SSSR count). The van der Waals surface area contributed by atoms with Gasteiger partial charge in [-0.15, -0.1) is 0 Å². The van der Waals surface area contributed by atoms with Gasteiger partial charge in [-0.3, -0.25) is 0 Å². The average Bonchev–Trinajstić information content (AvgIpc) is 3.13. The molecular weight excluding hydrogens is 536 g/mol. The molecule has 0 aromatic rings. The zero-order valence-corrected chi connectivity index (χ0v) is 22.2. The Kier molecular flexibility index (Phi) is 10.3. The van der Waals surface area contributed by atoms with Gasteiger partial charge in [0.2, 0.25) is 0 Å². The van der Waals surface area contributed by atoms with Crippen LogP contribution in [0.1, 0.15) is 13.3 Å². The van der Waals surface area contributed by atoms with Crippen LogP contribution in [0.2, 0.25) is 0 Å². The van der Waals surface area contributed by atoms with Crippen LogP contribution in [0.5, 0.6) is 0 Å². The highest BCUT2D eigenvalue weighted by Gasteiger charge is 2.59. The SMILES string of the molecule is CNC1C(O[C@H]2C(OC3C(O)C(O)C(C=C(N)N)C(O)C3N=C(N)N)C[C@@H](C)C2(O)C=O)OC(CO)C(O)C1O. The van der Waals surface area contributed by atoms with Crippen LogP contribution in [0.3, 0.4) is 0 Å². The van der Waals surface area contributed by atoms with Crippen LogP contribution < -0.4 is 28.3 Å². The number of aliphatic hydroxyl groups excluding tert-OH is 6. The number of aldehydes is 1. The Balaban J connectivity index is 1.96. The van der Waals surface area contributed by atoms with Crippen LogP contribution in [0.15, 0.2) is 16.9 Å². The number of likely N-dealkylation sites (N-methyl/N-ethyl adjacent to an activating group) is 1. The van der Waals surface area contributed by atoms with E-state index in [2.05, 4.69) is 10.3 Å². The third-order valence-corrected chi connectivity index (χ3v) is 8.03. The van der Waals surface area contributed by atoms with Crippen LogP contribution in [-0.2, 0) is 19.0 Å². The van der Waals surface area contributed by atoms with E-state index in [1.807, 2.05) is 0 Å². The number of hydrogen-bond donors (Lipinski definition) is 12. The summed E-state index contributed by atoms with van der Waals surface area (Å²) in [6.07, 6.45) is -13.2. The van der Waals surface area contributed by atoms with Crippen molar-refractivity contribution in [3.8, 4) is 0 Å². The predicted octanol–water partition coefficient (Wildman–Crippen LogP) is -6.76. The van der Waals surface area contributed by atoms with Gasteiger partial charge in [-0.1, -0.05) is 6.92 Å². The Bertz CT molecular complexity index is 937. The number of rotatable bonds is 9. The molecule has 230 valence electrons. The lowest BCUT2D eigenvalue weighted by Crippen LogP contribution is -2.66. The number of carbonyl (C=O) groups excluding carboxylic acids is 1. The van der Waals surface area contributed by atoms with Gasteiger partial charge >= 0.3 is 0 Å². The third-order valence-electron chi connectivity index (χ3n) is 8.03. The van der Waals surface area contributed by atoms with Gasteiger partial charge in [-0.05, 0) is 25.5 Å². The van der Waals surface area contributed by atoms with E-state index in [1.165, 1.54) is 7.05 Å². The molecule has 1 saturated heterocycles. The van der Waals surface area contributed by atoms with Crippen molar-refractivity contribution in [2.75, 3.05) is 13.7 Å². The van der Waals surface area contributed by atoms with Gasteiger partial charge in [0.1, 0.15) is 42.7 Å². The highest BCUT2D eigenvalue weighted by Crippen LogP contribution is 2.42. The van der Waals surface area contributed by atoms with E-state index >= 15 is 0 Å². The molecule has 15 atom stereocenters. The van der Waals surface area contributed by atoms with Crippen molar-refractivity contribution in [3.63, 3.8) is 0 Å². The Morgan fingerprint density at radius 3 is 2.23 bits per heavy atom. The summed E-state index contributed by atoms with van der Waals surface area (Å²) >= 11 is 0. The molecular formula is C23H42N6O11. The molecule has 3 aliphatic rings. The maximum absolute atomic E-state index is 12.2. The number of hydrogen-bond acceptors (Lipinski definition) is 15. The number of nitrogens with zero attached hydrogens (tertiary/aromatic N) is 1. The highest BCUT2D eigenvalue weighted by atomic mass is 16.7. The smallest absolute Gasteiger partial charge is 0.186 e. The molecule has 0 amide bonds. The van der Waals surface area contributed by atoms with Gasteiger partial charge in [0.15, 0.2) is 24.1 Å². The van der Waals surface area contributed by atoms with E-state index in [0.29, 0.717) is 0 Å². The molecule has 0 aromatic heterocycles. The summed E-state index contributed by atoms with van der Waals surface area (Å²) in [5.41, 5.74) is 20.0. The Labute approximate surface area is 230 Å². The van der Waals surface area contributed by atoms with Gasteiger partial charge in [0, 0.05) is 5.92 Å². The summed E-state index contributed by atoms with van der Waals surface area (Å²) in [4.78, 5) is 16.1. The van der Waals surface area contributed by atoms with Crippen LogP contribution in [0.25, 0.3) is 0 Å². The lowest BCUT2D eigenvalue weighted by Gasteiger charge is -2.46. The molecule has 1 aliphatic heterocycles. The summed E-state index contributed by atoms with van der Waals surface area (Å²) in [5.74, 6) is -2.63. The summed E-state index contributed by atoms with van der Waals surface area (Å²) in [7, 11) is 1.46. The van der Waals surface area contributed by atoms with Crippen molar-refractivity contribution in [3.05, 3.63) is 11.9 Å². The fraction of sp³-hybridized carbons (Fsp3) is 0.826. The normalized spacial score (nSPS) is 47.4. The maximum Gasteiger partial charge on any atom is 0.186 e. The standard InChI is InChI=1S/C23H42N6O11/c1-7-3-9(38-19-12(29-22(26)27)14(32)8(4-11(24)25)15(33)18(19)36)20(23(7,37)6-31)40-21-13(28-2)17(35)16(34)10(5-30)39-21/h4,6-10,12-21,28,30,32-37H,3,5,24-25H2,1-2H3,(H4,26,27,29)/t7-,8?,9?,10?,12?,13?,14?,15?,16?,17?,18?,19?,20+,21?,23?/m1/s1. The third kappa shape index (κ3) is 6.04. The van der Waals surface area contributed by atoms with Gasteiger partial charge in [-0.25, -0.2) is 4.99 Å². The summed E-state index contributed by atoms with van der Waals surface area (Å²) < 4.78 is 17.8. The summed E-state index contributed by atoms with van der Waals surface area (Å²) in [6.45, 7) is 0.889. The minimum absolute atomic E-state index is 0.00547. The van der Waals surface area contributed by atoms with E-state index < -0.39 is 103 Å². The Hall–Kier alpha value is -2.16. The number of guanidine groups is 1. The van der Waals surface area contributed by atoms with E-state index in [4.69, 9.17) is 37.1 Å². The average molecular weight is 579 g/mol. The van der Waals surface area contributed by atoms with Crippen molar-refractivity contribution in [1.29, 1.82) is 0 Å². The second kappa shape index (κ2) is 12.8. The van der Waals surface area contributed by atoms with Crippen molar-refractivity contribution < 1.29 is 54.8 Å². The molecule has 0 spiro atoms. The first-order chi connectivity index (χ1) is 18.7. The largest absolute Gasteiger partial charge is 0.394 e. The monoisotopic (exact) mass is 578 g/mol. The van der Waals surface area contributed by atoms with Crippen molar-refractivity contribution in [2.24, 2.45) is 39.8 Å². The maximum atomic E-state index is 12.2. The lowest BCUT2D eigenvalue weighted by atomic mass is 9.77. The molecule has 3 fully saturated rings. The summed E-state index contributed by atoms with van der Waals surface area (Å²) in [6, 6.07) is -2.41. The summed E-state index contributed by atoms with van der Waals surface area (Å²) in [5, 5.41) is 77.2. The first-order valence-electron chi connectivity index (χ1n) is 12.9. The van der Waals surface area contributed by atoms with Gasteiger partial charge in [-0.2, -0.15) is 0 Å². The van der Waals surface area contributed by atoms with Crippen molar-refractivity contribution >= 4 is 12.2 Å². The molecule has 13 unspecified atom stereocenters. The Morgan fingerprint density at radius 1 is 1.05 bits per heavy atom. The topological polar surface area (TPSA) is 315 Å².